The van der Waals surface area contributed by atoms with E-state index in [-0.39, 0.29) is 11.8 Å². The molecule has 0 saturated carbocycles. The average molecular weight is 297 g/mol. The maximum Gasteiger partial charge on any atom is 0.299 e. The smallest absolute Gasteiger partial charge is 0.299 e. The molecule has 3 aromatic rings. The van der Waals surface area contributed by atoms with Crippen molar-refractivity contribution in [3.05, 3.63) is 66.1 Å². The summed E-state index contributed by atoms with van der Waals surface area (Å²) in [5, 5.41) is 2.92. The van der Waals surface area contributed by atoms with Crippen LogP contribution >= 0.6 is 0 Å². The summed E-state index contributed by atoms with van der Waals surface area (Å²) in [6.45, 7) is 0. The Labute approximate surface area is 125 Å². The van der Waals surface area contributed by atoms with Gasteiger partial charge in [-0.05, 0) is 36.4 Å². The van der Waals surface area contributed by atoms with Crippen molar-refractivity contribution in [2.24, 2.45) is 5.73 Å². The van der Waals surface area contributed by atoms with E-state index in [0.29, 0.717) is 22.6 Å². The lowest BCUT2D eigenvalue weighted by atomic mass is 10.1. The maximum atomic E-state index is 12.8. The number of hydrogen-bond acceptors (Lipinski definition) is 4. The molecule has 0 unspecified atom stereocenters. The molecule has 0 aliphatic carbocycles. The van der Waals surface area contributed by atoms with Crippen LogP contribution in [0.2, 0.25) is 0 Å². The first kappa shape index (κ1) is 13.8. The molecule has 0 aliphatic heterocycles. The molecule has 0 spiro atoms. The predicted molar refractivity (Wildman–Crippen MR) is 80.1 cm³/mol. The zero-order chi connectivity index (χ0) is 15.5. The second kappa shape index (κ2) is 5.69. The first-order valence-electron chi connectivity index (χ1n) is 6.50. The van der Waals surface area contributed by atoms with Gasteiger partial charge in [-0.3, -0.25) is 4.79 Å². The van der Waals surface area contributed by atoms with Gasteiger partial charge in [0.25, 0.3) is 6.01 Å². The van der Waals surface area contributed by atoms with E-state index in [4.69, 9.17) is 10.2 Å². The van der Waals surface area contributed by atoms with Crippen LogP contribution in [0.3, 0.4) is 0 Å². The Kier molecular flexibility index (Phi) is 3.57. The lowest BCUT2D eigenvalue weighted by Gasteiger charge is -2.01. The minimum absolute atomic E-state index is 0.270. The summed E-state index contributed by atoms with van der Waals surface area (Å²) in [5.74, 6) is -0.333. The Morgan fingerprint density at radius 2 is 1.95 bits per heavy atom. The van der Waals surface area contributed by atoms with Crippen LogP contribution in [0.25, 0.3) is 11.3 Å². The number of halogens is 1. The molecule has 6 heteroatoms. The zero-order valence-corrected chi connectivity index (χ0v) is 11.4. The summed E-state index contributed by atoms with van der Waals surface area (Å²) in [4.78, 5) is 15.3. The molecule has 2 aromatic carbocycles. The van der Waals surface area contributed by atoms with E-state index in [9.17, 15) is 9.18 Å². The highest BCUT2D eigenvalue weighted by Crippen LogP contribution is 2.25. The topological polar surface area (TPSA) is 81.2 Å². The third-order valence-corrected chi connectivity index (χ3v) is 3.03. The Morgan fingerprint density at radius 3 is 2.68 bits per heavy atom. The second-order valence-electron chi connectivity index (χ2n) is 4.61. The van der Waals surface area contributed by atoms with Crippen LogP contribution in [-0.4, -0.2) is 10.9 Å². The molecule has 0 aliphatic rings. The molecular weight excluding hydrogens is 285 g/mol. The molecule has 0 bridgehead atoms. The zero-order valence-electron chi connectivity index (χ0n) is 11.4. The van der Waals surface area contributed by atoms with Crippen molar-refractivity contribution in [2.45, 2.75) is 0 Å². The van der Waals surface area contributed by atoms with Gasteiger partial charge >= 0.3 is 0 Å². The Bertz CT molecular complexity index is 812. The maximum absolute atomic E-state index is 12.8. The SMILES string of the molecule is NC(=O)c1cccc(-c2cnc(Nc3ccc(F)cc3)o2)c1. The van der Waals surface area contributed by atoms with Crippen LogP contribution < -0.4 is 11.1 Å². The van der Waals surface area contributed by atoms with Crippen molar-refractivity contribution in [1.29, 1.82) is 0 Å². The number of nitrogens with two attached hydrogens (primary N) is 1. The van der Waals surface area contributed by atoms with E-state index in [2.05, 4.69) is 10.3 Å². The first-order chi connectivity index (χ1) is 10.6. The Balaban J connectivity index is 1.83. The number of oxazole rings is 1. The van der Waals surface area contributed by atoms with E-state index < -0.39 is 5.91 Å². The highest BCUT2D eigenvalue weighted by atomic mass is 19.1. The number of primary amides is 1. The predicted octanol–water partition coefficient (Wildman–Crippen LogP) is 3.32. The van der Waals surface area contributed by atoms with Crippen LogP contribution in [0.5, 0.6) is 0 Å². The molecule has 0 radical (unpaired) electrons. The monoisotopic (exact) mass is 297 g/mol. The molecule has 0 saturated heterocycles. The van der Waals surface area contributed by atoms with Gasteiger partial charge in [-0.2, -0.15) is 0 Å². The summed E-state index contributed by atoms with van der Waals surface area (Å²) in [6.07, 6.45) is 1.53. The van der Waals surface area contributed by atoms with Gasteiger partial charge in [0, 0.05) is 16.8 Å². The number of benzene rings is 2. The van der Waals surface area contributed by atoms with E-state index in [1.165, 1.54) is 18.3 Å². The number of amides is 1. The van der Waals surface area contributed by atoms with E-state index >= 15 is 0 Å². The molecule has 3 rings (SSSR count). The minimum Gasteiger partial charge on any atom is -0.423 e. The number of aromatic nitrogens is 1. The summed E-state index contributed by atoms with van der Waals surface area (Å²) < 4.78 is 18.4. The first-order valence-corrected chi connectivity index (χ1v) is 6.50. The Hall–Kier alpha value is -3.15. The van der Waals surface area contributed by atoms with Gasteiger partial charge in [-0.15, -0.1) is 0 Å². The van der Waals surface area contributed by atoms with Crippen LogP contribution in [0, 0.1) is 5.82 Å². The van der Waals surface area contributed by atoms with Crippen LogP contribution in [0.4, 0.5) is 16.1 Å². The fourth-order valence-electron chi connectivity index (χ4n) is 1.95. The largest absolute Gasteiger partial charge is 0.423 e. The van der Waals surface area contributed by atoms with Gasteiger partial charge in [0.15, 0.2) is 5.76 Å². The number of nitrogens with one attached hydrogen (secondary N) is 1. The van der Waals surface area contributed by atoms with E-state index in [0.717, 1.165) is 0 Å². The van der Waals surface area contributed by atoms with Crippen LogP contribution in [-0.2, 0) is 0 Å². The number of carbonyl (C=O) groups is 1. The molecule has 5 nitrogen and oxygen atoms in total. The molecule has 3 N–H and O–H groups in total. The van der Waals surface area contributed by atoms with Crippen molar-refractivity contribution in [2.75, 3.05) is 5.32 Å². The van der Waals surface area contributed by atoms with Gasteiger partial charge in [-0.1, -0.05) is 12.1 Å². The molecule has 22 heavy (non-hydrogen) atoms. The van der Waals surface area contributed by atoms with Gasteiger partial charge in [0.05, 0.1) is 6.20 Å². The minimum atomic E-state index is -0.508. The van der Waals surface area contributed by atoms with Crippen LogP contribution in [0.15, 0.2) is 59.1 Å². The number of anilines is 2. The summed E-state index contributed by atoms with van der Waals surface area (Å²) in [7, 11) is 0. The van der Waals surface area contributed by atoms with Gasteiger partial charge in [0.1, 0.15) is 5.82 Å². The normalized spacial score (nSPS) is 10.4. The summed E-state index contributed by atoms with van der Waals surface area (Å²) >= 11 is 0. The highest BCUT2D eigenvalue weighted by Gasteiger charge is 2.09. The molecule has 0 fully saturated rings. The third-order valence-electron chi connectivity index (χ3n) is 3.03. The molecular formula is C16H12FN3O2. The highest BCUT2D eigenvalue weighted by molar-refractivity contribution is 5.93. The standard InChI is InChI=1S/C16H12FN3O2/c17-12-4-6-13(7-5-12)20-16-19-9-14(22-16)10-2-1-3-11(8-10)15(18)21/h1-9H,(H2,18,21)(H,19,20). The number of hydrogen-bond donors (Lipinski definition) is 2. The molecule has 1 heterocycles. The van der Waals surface area contributed by atoms with Crippen molar-refractivity contribution in [3.63, 3.8) is 0 Å². The molecule has 1 aromatic heterocycles. The van der Waals surface area contributed by atoms with E-state index in [1.807, 2.05) is 0 Å². The van der Waals surface area contributed by atoms with Gasteiger partial charge in [-0.25, -0.2) is 9.37 Å². The molecule has 110 valence electrons. The number of rotatable bonds is 4. The lowest BCUT2D eigenvalue weighted by molar-refractivity contribution is 0.100. The lowest BCUT2D eigenvalue weighted by Crippen LogP contribution is -2.10. The van der Waals surface area contributed by atoms with E-state index in [1.54, 1.807) is 36.4 Å². The fourth-order valence-corrected chi connectivity index (χ4v) is 1.95. The number of nitrogens with zero attached hydrogens (tertiary/aromatic N) is 1. The average Bonchev–Trinajstić information content (AvgIpc) is 2.98. The summed E-state index contributed by atoms with van der Waals surface area (Å²) in [5.41, 5.74) is 6.99. The number of carbonyl (C=O) groups excluding carboxylic acids is 1. The fraction of sp³-hybridized carbons (Fsp3) is 0. The quantitative estimate of drug-likeness (QED) is 0.774. The van der Waals surface area contributed by atoms with Gasteiger partial charge < -0.3 is 15.5 Å². The summed E-state index contributed by atoms with van der Waals surface area (Å²) in [6, 6.07) is 12.8. The molecule has 0 atom stereocenters. The van der Waals surface area contributed by atoms with Crippen molar-refractivity contribution in [1.82, 2.24) is 4.98 Å². The Morgan fingerprint density at radius 1 is 1.18 bits per heavy atom. The van der Waals surface area contributed by atoms with Gasteiger partial charge in [0.2, 0.25) is 5.91 Å². The third kappa shape index (κ3) is 2.95. The van der Waals surface area contributed by atoms with Crippen molar-refractivity contribution in [3.8, 4) is 11.3 Å². The second-order valence-corrected chi connectivity index (χ2v) is 4.61. The van der Waals surface area contributed by atoms with Crippen molar-refractivity contribution < 1.29 is 13.6 Å². The van der Waals surface area contributed by atoms with Crippen molar-refractivity contribution >= 4 is 17.6 Å². The van der Waals surface area contributed by atoms with Crippen LogP contribution in [0.1, 0.15) is 10.4 Å². The molecule has 1 amide bonds.